The zero-order valence-corrected chi connectivity index (χ0v) is 19.0. The minimum absolute atomic E-state index is 0.0126. The first-order valence-electron chi connectivity index (χ1n) is 9.99. The van der Waals surface area contributed by atoms with E-state index in [9.17, 15) is 19.5 Å². The van der Waals surface area contributed by atoms with Gasteiger partial charge in [-0.05, 0) is 52.8 Å². The Balaban J connectivity index is 2.26. The minimum atomic E-state index is -1.16. The van der Waals surface area contributed by atoms with E-state index in [0.717, 1.165) is 16.2 Å². The molecule has 2 heterocycles. The van der Waals surface area contributed by atoms with Crippen LogP contribution in [0.3, 0.4) is 0 Å². The highest BCUT2D eigenvalue weighted by Crippen LogP contribution is 2.47. The molecular weight excluding hydrogens is 418 g/mol. The number of benzene rings is 1. The van der Waals surface area contributed by atoms with Gasteiger partial charge in [-0.1, -0.05) is 23.4 Å². The van der Waals surface area contributed by atoms with Crippen LogP contribution < -0.4 is 0 Å². The summed E-state index contributed by atoms with van der Waals surface area (Å²) in [6.45, 7) is 9.06. The third kappa shape index (κ3) is 4.12. The lowest BCUT2D eigenvalue weighted by Gasteiger charge is -2.34. The number of esters is 2. The predicted octanol–water partition coefficient (Wildman–Crippen LogP) is 3.83. The molecule has 1 aromatic carbocycles. The second-order valence-corrected chi connectivity index (χ2v) is 8.38. The number of phenols is 1. The van der Waals surface area contributed by atoms with Crippen molar-refractivity contribution in [2.24, 2.45) is 0 Å². The summed E-state index contributed by atoms with van der Waals surface area (Å²) in [6, 6.07) is 3.50. The van der Waals surface area contributed by atoms with Gasteiger partial charge >= 0.3 is 11.9 Å². The fourth-order valence-electron chi connectivity index (χ4n) is 3.55. The first-order valence-corrected chi connectivity index (χ1v) is 10.8. The number of allylic oxidation sites excluding steroid dienone is 4. The lowest BCUT2D eigenvalue weighted by atomic mass is 9.89. The summed E-state index contributed by atoms with van der Waals surface area (Å²) >= 11 is 1.41. The largest absolute Gasteiger partial charge is 0.507 e. The number of aromatic hydroxyl groups is 1. The lowest BCUT2D eigenvalue weighted by Crippen LogP contribution is -2.45. The standard InChI is InChI=1S/C23H25NO6S/c1-6-29-22(27)19-16(21(26)15-10-12(3)8-9-17(15)25)11-18-24(13(4)14(5)31-18)20(19)23(28)30-7-2/h8-11,20,25H,6-7H2,1-5H3. The summed E-state index contributed by atoms with van der Waals surface area (Å²) in [5.74, 6) is -2.18. The van der Waals surface area contributed by atoms with Crippen molar-refractivity contribution in [1.82, 2.24) is 4.90 Å². The molecule has 2 aliphatic heterocycles. The number of hydrogen-bond acceptors (Lipinski definition) is 8. The molecule has 31 heavy (non-hydrogen) atoms. The summed E-state index contributed by atoms with van der Waals surface area (Å²) < 4.78 is 10.5. The van der Waals surface area contributed by atoms with Gasteiger partial charge in [0.05, 0.1) is 29.4 Å². The molecule has 0 saturated carbocycles. The molecule has 1 N–H and O–H groups in total. The van der Waals surface area contributed by atoms with E-state index < -0.39 is 23.8 Å². The number of fused-ring (bicyclic) bond motifs is 1. The van der Waals surface area contributed by atoms with Gasteiger partial charge in [0.1, 0.15) is 5.75 Å². The van der Waals surface area contributed by atoms with Crippen LogP contribution in [0, 0.1) is 6.92 Å². The average Bonchev–Trinajstić information content (AvgIpc) is 3.01. The molecular formula is C23H25NO6S. The van der Waals surface area contributed by atoms with Crippen molar-refractivity contribution in [3.05, 3.63) is 62.2 Å². The summed E-state index contributed by atoms with van der Waals surface area (Å²) in [5.41, 5.74) is 1.54. The monoisotopic (exact) mass is 443 g/mol. The van der Waals surface area contributed by atoms with Crippen molar-refractivity contribution in [2.45, 2.75) is 40.7 Å². The Morgan fingerprint density at radius 3 is 2.42 bits per heavy atom. The zero-order valence-electron chi connectivity index (χ0n) is 18.1. The van der Waals surface area contributed by atoms with E-state index in [1.54, 1.807) is 43.9 Å². The molecule has 0 aliphatic carbocycles. The maximum Gasteiger partial charge on any atom is 0.337 e. The molecule has 0 saturated heterocycles. The van der Waals surface area contributed by atoms with Gasteiger partial charge in [0.2, 0.25) is 0 Å². The molecule has 3 rings (SSSR count). The molecule has 1 aromatic rings. The molecule has 0 bridgehead atoms. The topological polar surface area (TPSA) is 93.1 Å². The number of nitrogens with zero attached hydrogens (tertiary/aromatic N) is 1. The molecule has 7 nitrogen and oxygen atoms in total. The van der Waals surface area contributed by atoms with Crippen LogP contribution in [0.25, 0.3) is 0 Å². The van der Waals surface area contributed by atoms with Gasteiger partial charge in [0.25, 0.3) is 0 Å². The maximum atomic E-state index is 13.5. The molecule has 164 valence electrons. The number of carbonyl (C=O) groups is 3. The minimum Gasteiger partial charge on any atom is -0.507 e. The highest BCUT2D eigenvalue weighted by molar-refractivity contribution is 8.06. The van der Waals surface area contributed by atoms with Crippen LogP contribution in [-0.4, -0.2) is 47.0 Å². The van der Waals surface area contributed by atoms with Crippen molar-refractivity contribution >= 4 is 29.5 Å². The summed E-state index contributed by atoms with van der Waals surface area (Å²) in [5, 5.41) is 10.9. The Morgan fingerprint density at radius 2 is 1.77 bits per heavy atom. The maximum absolute atomic E-state index is 13.5. The smallest absolute Gasteiger partial charge is 0.337 e. The van der Waals surface area contributed by atoms with Crippen LogP contribution in [0.2, 0.25) is 0 Å². The third-order valence-electron chi connectivity index (χ3n) is 5.10. The van der Waals surface area contributed by atoms with E-state index in [0.29, 0.717) is 5.03 Å². The van der Waals surface area contributed by atoms with Gasteiger partial charge in [0.15, 0.2) is 11.8 Å². The molecule has 0 radical (unpaired) electrons. The lowest BCUT2D eigenvalue weighted by molar-refractivity contribution is -0.150. The number of ketones is 1. The summed E-state index contributed by atoms with van der Waals surface area (Å²) in [4.78, 5) is 42.2. The van der Waals surface area contributed by atoms with Crippen molar-refractivity contribution in [2.75, 3.05) is 13.2 Å². The summed E-state index contributed by atoms with van der Waals surface area (Å²) in [6.07, 6.45) is 1.58. The van der Waals surface area contributed by atoms with Crippen LogP contribution in [-0.2, 0) is 19.1 Å². The van der Waals surface area contributed by atoms with Crippen molar-refractivity contribution < 1.29 is 29.0 Å². The molecule has 0 aromatic heterocycles. The van der Waals surface area contributed by atoms with E-state index in [1.165, 1.54) is 17.8 Å². The number of carbonyl (C=O) groups excluding carboxylic acids is 3. The first kappa shape index (κ1) is 22.7. The fraction of sp³-hybridized carbons (Fsp3) is 0.348. The molecule has 0 amide bonds. The quantitative estimate of drug-likeness (QED) is 0.524. The van der Waals surface area contributed by atoms with Crippen molar-refractivity contribution in [3.8, 4) is 5.75 Å². The molecule has 8 heteroatoms. The number of hydrogen-bond donors (Lipinski definition) is 1. The normalized spacial score (nSPS) is 18.0. The van der Waals surface area contributed by atoms with Gasteiger partial charge < -0.3 is 19.5 Å². The molecule has 1 atom stereocenters. The third-order valence-corrected chi connectivity index (χ3v) is 6.23. The average molecular weight is 444 g/mol. The number of phenolic OH excluding ortho intramolecular Hbond substituents is 1. The Bertz CT molecular complexity index is 1050. The van der Waals surface area contributed by atoms with Crippen LogP contribution in [0.15, 0.2) is 51.1 Å². The van der Waals surface area contributed by atoms with E-state index in [-0.39, 0.29) is 35.7 Å². The van der Waals surface area contributed by atoms with Crippen LogP contribution >= 0.6 is 11.8 Å². The number of ether oxygens (including phenoxy) is 2. The predicted molar refractivity (Wildman–Crippen MR) is 117 cm³/mol. The van der Waals surface area contributed by atoms with Crippen LogP contribution in [0.5, 0.6) is 5.75 Å². The Hall–Kier alpha value is -3.00. The van der Waals surface area contributed by atoms with Crippen molar-refractivity contribution in [3.63, 3.8) is 0 Å². The summed E-state index contributed by atoms with van der Waals surface area (Å²) in [7, 11) is 0. The van der Waals surface area contributed by atoms with E-state index in [2.05, 4.69) is 0 Å². The zero-order chi connectivity index (χ0) is 22.9. The van der Waals surface area contributed by atoms with Gasteiger partial charge in [-0.3, -0.25) is 4.79 Å². The number of Topliss-reactive ketones (excluding diaryl/α,β-unsaturated/α-hetero) is 1. The Morgan fingerprint density at radius 1 is 1.10 bits per heavy atom. The van der Waals surface area contributed by atoms with E-state index in [1.807, 2.05) is 13.8 Å². The molecule has 1 unspecified atom stereocenters. The van der Waals surface area contributed by atoms with Crippen LogP contribution in [0.1, 0.15) is 43.6 Å². The van der Waals surface area contributed by atoms with E-state index in [4.69, 9.17) is 9.47 Å². The molecule has 2 aliphatic rings. The van der Waals surface area contributed by atoms with Gasteiger partial charge in [0, 0.05) is 16.2 Å². The Labute approximate surface area is 185 Å². The number of rotatable bonds is 6. The van der Waals surface area contributed by atoms with Gasteiger partial charge in [-0.2, -0.15) is 0 Å². The first-order chi connectivity index (χ1) is 14.7. The molecule has 0 fully saturated rings. The van der Waals surface area contributed by atoms with Gasteiger partial charge in [-0.15, -0.1) is 0 Å². The van der Waals surface area contributed by atoms with Crippen LogP contribution in [0.4, 0.5) is 0 Å². The van der Waals surface area contributed by atoms with Crippen molar-refractivity contribution in [1.29, 1.82) is 0 Å². The number of thioether (sulfide) groups is 1. The van der Waals surface area contributed by atoms with Gasteiger partial charge in [-0.25, -0.2) is 9.59 Å². The highest BCUT2D eigenvalue weighted by Gasteiger charge is 2.46. The SMILES string of the molecule is CCOC(=O)C1=C(C(=O)c2cc(C)ccc2O)C=C2SC(C)=C(C)N2C1C(=O)OCC. The second-order valence-electron chi connectivity index (χ2n) is 7.15. The number of aryl methyl sites for hydroxylation is 1. The molecule has 0 spiro atoms. The Kier molecular flexibility index (Phi) is 6.59. The van der Waals surface area contributed by atoms with E-state index >= 15 is 0 Å². The highest BCUT2D eigenvalue weighted by atomic mass is 32.2. The second kappa shape index (κ2) is 9.01. The fourth-order valence-corrected chi connectivity index (χ4v) is 4.63.